The van der Waals surface area contributed by atoms with Gasteiger partial charge in [-0.25, -0.2) is 0 Å². The van der Waals surface area contributed by atoms with E-state index in [2.05, 4.69) is 41.3 Å². The largest absolute Gasteiger partial charge is 0.505 e. The van der Waals surface area contributed by atoms with Crippen molar-refractivity contribution < 1.29 is 63.8 Å². The third-order valence-electron chi connectivity index (χ3n) is 7.63. The number of rotatable bonds is 15. The average molecular weight is 873 g/mol. The summed E-state index contributed by atoms with van der Waals surface area (Å²) in [5, 5.41) is 57.2. The van der Waals surface area contributed by atoms with E-state index in [4.69, 9.17) is 21.7 Å². The fraction of sp³-hybridized carbons (Fsp3) is 0.0625. The number of azo groups is 3. The number of phenols is 1. The monoisotopic (exact) mass is 872 g/mol. The van der Waals surface area contributed by atoms with Crippen molar-refractivity contribution in [3.05, 3.63) is 72.8 Å². The zero-order chi connectivity index (χ0) is 43.4. The van der Waals surface area contributed by atoms with E-state index in [0.717, 1.165) is 30.3 Å². The van der Waals surface area contributed by atoms with E-state index in [1.54, 1.807) is 0 Å². The molecule has 27 heteroatoms. The van der Waals surface area contributed by atoms with Crippen molar-refractivity contribution in [3.8, 4) is 5.75 Å². The Morgan fingerprint density at radius 1 is 0.559 bits per heavy atom. The molecule has 0 unspecified atom stereocenters. The second-order valence-electron chi connectivity index (χ2n) is 11.8. The van der Waals surface area contributed by atoms with Gasteiger partial charge in [-0.05, 0) is 66.0 Å². The number of nitrogens with zero attached hydrogens (tertiary/aromatic N) is 6. The first kappa shape index (κ1) is 43.0. The van der Waals surface area contributed by atoms with E-state index in [9.17, 15) is 53.6 Å². The molecular weight excluding hydrogens is 845 g/mol. The van der Waals surface area contributed by atoms with Crippen molar-refractivity contribution in [2.24, 2.45) is 30.7 Å². The van der Waals surface area contributed by atoms with Gasteiger partial charge >= 0.3 is 11.9 Å². The van der Waals surface area contributed by atoms with Gasteiger partial charge in [0.2, 0.25) is 0 Å². The lowest BCUT2D eigenvalue weighted by molar-refractivity contribution is -0.135. The van der Waals surface area contributed by atoms with Crippen LogP contribution in [0.3, 0.4) is 0 Å². The van der Waals surface area contributed by atoms with Gasteiger partial charge in [0.15, 0.2) is 5.75 Å². The van der Waals surface area contributed by atoms with E-state index in [1.165, 1.54) is 42.5 Å². The molecule has 0 aliphatic heterocycles. The number of nitrogen functional groups attached to an aromatic ring is 2. The Bertz CT molecular complexity index is 2980. The van der Waals surface area contributed by atoms with Crippen LogP contribution in [0.1, 0.15) is 0 Å². The summed E-state index contributed by atoms with van der Waals surface area (Å²) >= 11 is 0. The predicted molar refractivity (Wildman–Crippen MR) is 208 cm³/mol. The summed E-state index contributed by atoms with van der Waals surface area (Å²) in [6, 6.07) is 14.0. The van der Waals surface area contributed by atoms with Gasteiger partial charge in [-0.1, -0.05) is 12.1 Å². The number of hydrogen-bond donors (Lipinski definition) is 10. The molecule has 5 aromatic rings. The minimum Gasteiger partial charge on any atom is -0.505 e. The molecule has 0 radical (unpaired) electrons. The van der Waals surface area contributed by atoms with E-state index < -0.39 is 81.5 Å². The minimum absolute atomic E-state index is 0.00405. The number of fused-ring (bicyclic) bond motifs is 1. The molecule has 0 bridgehead atoms. The molecule has 24 nitrogen and oxygen atoms in total. The van der Waals surface area contributed by atoms with Crippen molar-refractivity contribution in [2.75, 3.05) is 35.2 Å². The van der Waals surface area contributed by atoms with Crippen LogP contribution in [-0.2, 0) is 39.9 Å². The fourth-order valence-corrected chi connectivity index (χ4v) is 7.02. The van der Waals surface area contributed by atoms with Crippen molar-refractivity contribution in [1.29, 1.82) is 0 Å². The number of carboxylic acids is 2. The molecule has 5 aromatic carbocycles. The number of nitrogens with two attached hydrogens (primary N) is 2. The summed E-state index contributed by atoms with van der Waals surface area (Å²) < 4.78 is 102. The molecule has 0 fully saturated rings. The van der Waals surface area contributed by atoms with Gasteiger partial charge in [-0.3, -0.25) is 23.2 Å². The highest BCUT2D eigenvalue weighted by atomic mass is 32.2. The van der Waals surface area contributed by atoms with Crippen LogP contribution in [0.4, 0.5) is 56.9 Å². The van der Waals surface area contributed by atoms with Gasteiger partial charge in [-0.15, -0.1) is 15.3 Å². The van der Waals surface area contributed by atoms with E-state index in [1.807, 2.05) is 0 Å². The highest BCUT2D eigenvalue weighted by Crippen LogP contribution is 2.43. The molecule has 0 heterocycles. The summed E-state index contributed by atoms with van der Waals surface area (Å²) in [7, 11) is -14.8. The SMILES string of the molecule is Nc1cc(NCC(=O)O)c(S(=O)(=O)O)cc1N=Nc1cccc(N=Nc2c(S(=O)(=O)O)cc3ccc(N=Nc4cc(S(=O)(=O)O)c(NCC(=O)O)cc4N)cc3c2O)c1. The summed E-state index contributed by atoms with van der Waals surface area (Å²) in [4.78, 5) is 19.6. The highest BCUT2D eigenvalue weighted by Gasteiger charge is 2.23. The Hall–Kier alpha value is -7.17. The molecule has 0 saturated carbocycles. The number of carbonyl (C=O) groups is 2. The maximum Gasteiger partial charge on any atom is 0.322 e. The average Bonchev–Trinajstić information content (AvgIpc) is 3.13. The number of aromatic hydroxyl groups is 1. The molecule has 59 heavy (non-hydrogen) atoms. The first-order valence-electron chi connectivity index (χ1n) is 15.9. The maximum absolute atomic E-state index is 12.4. The first-order valence-corrected chi connectivity index (χ1v) is 20.2. The number of nitrogens with one attached hydrogen (secondary N) is 2. The summed E-state index contributed by atoms with van der Waals surface area (Å²) in [5.41, 5.74) is 9.75. The lowest BCUT2D eigenvalue weighted by atomic mass is 10.1. The number of aliphatic carboxylic acids is 2. The molecule has 0 amide bonds. The van der Waals surface area contributed by atoms with Crippen LogP contribution in [0.15, 0.2) is 118 Å². The van der Waals surface area contributed by atoms with Gasteiger partial charge in [0.05, 0.1) is 39.8 Å². The van der Waals surface area contributed by atoms with Crippen LogP contribution >= 0.6 is 0 Å². The second kappa shape index (κ2) is 16.7. The topological polar surface area (TPSA) is 408 Å². The van der Waals surface area contributed by atoms with Crippen molar-refractivity contribution in [1.82, 2.24) is 0 Å². The summed E-state index contributed by atoms with van der Waals surface area (Å²) in [6.45, 7) is -1.41. The van der Waals surface area contributed by atoms with Crippen LogP contribution in [0.5, 0.6) is 5.75 Å². The Balaban J connectivity index is 1.48. The van der Waals surface area contributed by atoms with Crippen LogP contribution in [0.25, 0.3) is 10.8 Å². The zero-order valence-electron chi connectivity index (χ0n) is 29.4. The first-order chi connectivity index (χ1) is 27.5. The lowest BCUT2D eigenvalue weighted by Crippen LogP contribution is -2.15. The van der Waals surface area contributed by atoms with E-state index in [0.29, 0.717) is 0 Å². The molecule has 308 valence electrons. The molecule has 0 aromatic heterocycles. The number of phenolic OH excluding ortho intramolecular Hbond substituents is 1. The van der Waals surface area contributed by atoms with Crippen molar-refractivity contribution >= 4 is 110 Å². The summed E-state index contributed by atoms with van der Waals surface area (Å²) in [5.74, 6) is -3.45. The third kappa shape index (κ3) is 10.6. The molecule has 0 aliphatic carbocycles. The Kier molecular flexibility index (Phi) is 12.2. The Labute approximate surface area is 331 Å². The number of hydrogen-bond acceptors (Lipinski definition) is 19. The highest BCUT2D eigenvalue weighted by molar-refractivity contribution is 7.86. The number of anilines is 4. The van der Waals surface area contributed by atoms with Gasteiger partial charge in [0, 0.05) is 5.39 Å². The fourth-order valence-electron chi connectivity index (χ4n) is 5.02. The molecule has 5 rings (SSSR count). The van der Waals surface area contributed by atoms with Crippen molar-refractivity contribution in [3.63, 3.8) is 0 Å². The van der Waals surface area contributed by atoms with E-state index in [-0.39, 0.29) is 62.0 Å². The van der Waals surface area contributed by atoms with E-state index >= 15 is 0 Å². The smallest absolute Gasteiger partial charge is 0.322 e. The Morgan fingerprint density at radius 2 is 1.00 bits per heavy atom. The van der Waals surface area contributed by atoms with Crippen LogP contribution < -0.4 is 22.1 Å². The maximum atomic E-state index is 12.4. The molecule has 0 saturated heterocycles. The second-order valence-corrected chi connectivity index (χ2v) is 16.0. The molecule has 0 atom stereocenters. The summed E-state index contributed by atoms with van der Waals surface area (Å²) in [6.07, 6.45) is 0. The standard InChI is InChI=1S/C32H28N10O14S3/c33-20-9-24(35-13-29(43)44)26(57(48,49)50)11-22(20)40-37-16-2-1-3-17(7-16)39-42-31-28(59(54,55)56)6-15-4-5-18(8-19(15)32(31)47)38-41-23-12-27(58(51,52)53)25(10-21(23)34)36-14-30(45)46/h1-12,35-36,47H,13-14,33-34H2,(H,43,44)(H,45,46)(H,48,49,50)(H,51,52,53)(H,54,55,56). The van der Waals surface area contributed by atoms with Crippen LogP contribution in [0.2, 0.25) is 0 Å². The normalized spacial score (nSPS) is 12.5. The minimum atomic E-state index is -5.03. The molecule has 0 spiro atoms. The van der Waals surface area contributed by atoms with Gasteiger partial charge in [0.1, 0.15) is 44.8 Å². The molecule has 12 N–H and O–H groups in total. The van der Waals surface area contributed by atoms with Crippen LogP contribution in [-0.4, -0.2) is 79.3 Å². The Morgan fingerprint density at radius 3 is 1.44 bits per heavy atom. The van der Waals surface area contributed by atoms with Gasteiger partial charge in [0.25, 0.3) is 30.4 Å². The quantitative estimate of drug-likeness (QED) is 0.0343. The molecular formula is C32H28N10O14S3. The van der Waals surface area contributed by atoms with Crippen molar-refractivity contribution in [2.45, 2.75) is 14.7 Å². The number of carboxylic acid groups (broad SMARTS) is 2. The predicted octanol–water partition coefficient (Wildman–Crippen LogP) is 5.69. The number of benzene rings is 5. The van der Waals surface area contributed by atoms with Gasteiger partial charge < -0.3 is 37.4 Å². The molecule has 0 aliphatic rings. The third-order valence-corrected chi connectivity index (χ3v) is 10.3. The zero-order valence-corrected chi connectivity index (χ0v) is 31.8. The van der Waals surface area contributed by atoms with Gasteiger partial charge in [-0.2, -0.15) is 40.6 Å². The lowest BCUT2D eigenvalue weighted by Gasteiger charge is -2.11. The van der Waals surface area contributed by atoms with Crippen LogP contribution in [0, 0.1) is 0 Å².